The molecule has 0 bridgehead atoms. The number of hydrogen-bond acceptors (Lipinski definition) is 6. The third kappa shape index (κ3) is 3.68. The summed E-state index contributed by atoms with van der Waals surface area (Å²) in [5, 5.41) is 0. The first-order valence-corrected chi connectivity index (χ1v) is 10.6. The van der Waals surface area contributed by atoms with Crippen molar-refractivity contribution >= 4 is 19.9 Å². The fourth-order valence-corrected chi connectivity index (χ4v) is 5.35. The van der Waals surface area contributed by atoms with Crippen molar-refractivity contribution in [1.82, 2.24) is 4.31 Å². The number of sulfonamides is 1. The lowest BCUT2D eigenvalue weighted by molar-refractivity contribution is 0.256. The zero-order valence-corrected chi connectivity index (χ0v) is 14.9. The van der Waals surface area contributed by atoms with Gasteiger partial charge in [-0.3, -0.25) is 0 Å². The summed E-state index contributed by atoms with van der Waals surface area (Å²) in [6.45, 7) is 0.601. The molecule has 2 rings (SSSR count). The summed E-state index contributed by atoms with van der Waals surface area (Å²) < 4.78 is 56.0. The van der Waals surface area contributed by atoms with E-state index in [0.29, 0.717) is 13.0 Å². The number of benzene rings is 1. The van der Waals surface area contributed by atoms with E-state index >= 15 is 0 Å². The van der Waals surface area contributed by atoms with E-state index in [-0.39, 0.29) is 28.1 Å². The van der Waals surface area contributed by atoms with Gasteiger partial charge in [0.05, 0.1) is 12.0 Å². The van der Waals surface area contributed by atoms with Crippen LogP contribution in [0.1, 0.15) is 19.3 Å². The molecule has 0 amide bonds. The lowest BCUT2D eigenvalue weighted by Gasteiger charge is -2.34. The molecule has 1 aliphatic rings. The fraction of sp³-hybridized carbons (Fsp3) is 0.571. The molecule has 1 aliphatic heterocycles. The second-order valence-electron chi connectivity index (χ2n) is 5.59. The Kier molecular flexibility index (Phi) is 5.34. The van der Waals surface area contributed by atoms with Crippen molar-refractivity contribution in [2.45, 2.75) is 35.1 Å². The Balaban J connectivity index is 2.57. The summed E-state index contributed by atoms with van der Waals surface area (Å²) in [5.74, 6) is 0.124. The van der Waals surface area contributed by atoms with Gasteiger partial charge in [-0.2, -0.15) is 4.31 Å². The van der Waals surface area contributed by atoms with Gasteiger partial charge in [-0.15, -0.1) is 0 Å². The molecule has 130 valence electrons. The number of nitrogens with two attached hydrogens (primary N) is 1. The highest BCUT2D eigenvalue weighted by Gasteiger charge is 2.35. The molecular formula is C14H22N2O5S2. The van der Waals surface area contributed by atoms with E-state index in [1.54, 1.807) is 0 Å². The third-order valence-electron chi connectivity index (χ3n) is 4.00. The summed E-state index contributed by atoms with van der Waals surface area (Å²) in [4.78, 5) is -0.193. The average molecular weight is 362 g/mol. The molecule has 9 heteroatoms. The van der Waals surface area contributed by atoms with Crippen molar-refractivity contribution in [3.63, 3.8) is 0 Å². The van der Waals surface area contributed by atoms with Gasteiger partial charge in [-0.05, 0) is 31.0 Å². The maximum Gasteiger partial charge on any atom is 0.247 e. The number of ether oxygens (including phenoxy) is 1. The lowest BCUT2D eigenvalue weighted by atomic mass is 10.1. The van der Waals surface area contributed by atoms with E-state index in [2.05, 4.69) is 0 Å². The number of piperidine rings is 1. The van der Waals surface area contributed by atoms with Gasteiger partial charge in [0.1, 0.15) is 10.6 Å². The third-order valence-corrected chi connectivity index (χ3v) is 7.08. The van der Waals surface area contributed by atoms with Crippen LogP contribution in [-0.4, -0.2) is 53.6 Å². The number of hydrogen-bond donors (Lipinski definition) is 1. The molecule has 2 N–H and O–H groups in total. The summed E-state index contributed by atoms with van der Waals surface area (Å²) in [6.07, 6.45) is 3.41. The predicted octanol–water partition coefficient (Wildman–Crippen LogP) is 0.601. The molecule has 1 aromatic carbocycles. The van der Waals surface area contributed by atoms with Crippen LogP contribution < -0.4 is 10.5 Å². The van der Waals surface area contributed by atoms with E-state index in [1.807, 2.05) is 0 Å². The van der Waals surface area contributed by atoms with Crippen molar-refractivity contribution in [1.29, 1.82) is 0 Å². The first-order valence-electron chi connectivity index (χ1n) is 7.32. The highest BCUT2D eigenvalue weighted by atomic mass is 32.2. The van der Waals surface area contributed by atoms with Crippen molar-refractivity contribution in [2.75, 3.05) is 26.5 Å². The van der Waals surface area contributed by atoms with Crippen LogP contribution in [-0.2, 0) is 19.9 Å². The van der Waals surface area contributed by atoms with Gasteiger partial charge in [-0.25, -0.2) is 16.8 Å². The highest BCUT2D eigenvalue weighted by Crippen LogP contribution is 2.32. The second kappa shape index (κ2) is 6.76. The molecular weight excluding hydrogens is 340 g/mol. The molecule has 1 fully saturated rings. The number of nitrogens with zero attached hydrogens (tertiary/aromatic N) is 1. The van der Waals surface area contributed by atoms with Gasteiger partial charge in [0.2, 0.25) is 10.0 Å². The van der Waals surface area contributed by atoms with Gasteiger partial charge in [0, 0.05) is 25.4 Å². The maximum absolute atomic E-state index is 13.0. The van der Waals surface area contributed by atoms with Gasteiger partial charge in [-0.1, -0.05) is 6.42 Å². The topological polar surface area (TPSA) is 107 Å². The Labute approximate surface area is 137 Å². The molecule has 23 heavy (non-hydrogen) atoms. The van der Waals surface area contributed by atoms with E-state index in [9.17, 15) is 16.8 Å². The fourth-order valence-electron chi connectivity index (χ4n) is 2.74. The Morgan fingerprint density at radius 2 is 1.96 bits per heavy atom. The van der Waals surface area contributed by atoms with E-state index in [1.165, 1.54) is 23.5 Å². The normalized spacial score (nSPS) is 20.4. The Hall–Kier alpha value is -1.16. The summed E-state index contributed by atoms with van der Waals surface area (Å²) in [5.41, 5.74) is 5.70. The predicted molar refractivity (Wildman–Crippen MR) is 86.7 cm³/mol. The molecule has 1 atom stereocenters. The standard InChI is InChI=1S/C14H22N2O5S2/c1-21-13-7-6-12(22(2,17)18)9-14(13)23(19,20)16-8-4-3-5-11(16)10-15/h6-7,9,11H,3-5,8,10,15H2,1-2H3. The van der Waals surface area contributed by atoms with Crippen molar-refractivity contribution in [3.8, 4) is 5.75 Å². The molecule has 0 aliphatic carbocycles. The Bertz CT molecular complexity index is 774. The summed E-state index contributed by atoms with van der Waals surface area (Å²) in [7, 11) is -6.06. The van der Waals surface area contributed by atoms with Crippen molar-refractivity contribution in [3.05, 3.63) is 18.2 Å². The van der Waals surface area contributed by atoms with Crippen LogP contribution in [0.5, 0.6) is 5.75 Å². The van der Waals surface area contributed by atoms with Gasteiger partial charge in [0.15, 0.2) is 9.84 Å². The number of rotatable bonds is 5. The van der Waals surface area contributed by atoms with E-state index < -0.39 is 19.9 Å². The van der Waals surface area contributed by atoms with Gasteiger partial charge in [0.25, 0.3) is 0 Å². The zero-order valence-electron chi connectivity index (χ0n) is 13.2. The monoisotopic (exact) mass is 362 g/mol. The van der Waals surface area contributed by atoms with Crippen LogP contribution in [0.2, 0.25) is 0 Å². The quantitative estimate of drug-likeness (QED) is 0.822. The maximum atomic E-state index is 13.0. The summed E-state index contributed by atoms with van der Waals surface area (Å²) in [6, 6.07) is 3.58. The second-order valence-corrected chi connectivity index (χ2v) is 9.46. The van der Waals surface area contributed by atoms with Crippen LogP contribution in [0.3, 0.4) is 0 Å². The molecule has 0 radical (unpaired) electrons. The highest BCUT2D eigenvalue weighted by molar-refractivity contribution is 7.91. The molecule has 0 aromatic heterocycles. The molecule has 1 unspecified atom stereocenters. The SMILES string of the molecule is COc1ccc(S(C)(=O)=O)cc1S(=O)(=O)N1CCCCC1CN. The Morgan fingerprint density at radius 1 is 1.26 bits per heavy atom. The molecule has 1 aromatic rings. The van der Waals surface area contributed by atoms with Crippen LogP contribution in [0.4, 0.5) is 0 Å². The first-order chi connectivity index (χ1) is 10.7. The van der Waals surface area contributed by atoms with Gasteiger partial charge >= 0.3 is 0 Å². The first kappa shape index (κ1) is 18.2. The zero-order chi connectivity index (χ0) is 17.3. The van der Waals surface area contributed by atoms with Crippen LogP contribution in [0, 0.1) is 0 Å². The number of methoxy groups -OCH3 is 1. The lowest BCUT2D eigenvalue weighted by Crippen LogP contribution is -2.47. The minimum atomic E-state index is -3.88. The van der Waals surface area contributed by atoms with Crippen LogP contribution in [0.15, 0.2) is 28.0 Å². The van der Waals surface area contributed by atoms with Crippen LogP contribution in [0.25, 0.3) is 0 Å². The minimum absolute atomic E-state index is 0.0572. The largest absolute Gasteiger partial charge is 0.495 e. The van der Waals surface area contributed by atoms with Crippen molar-refractivity contribution < 1.29 is 21.6 Å². The van der Waals surface area contributed by atoms with Crippen molar-refractivity contribution in [2.24, 2.45) is 5.73 Å². The van der Waals surface area contributed by atoms with E-state index in [0.717, 1.165) is 25.2 Å². The minimum Gasteiger partial charge on any atom is -0.495 e. The number of sulfone groups is 1. The van der Waals surface area contributed by atoms with E-state index in [4.69, 9.17) is 10.5 Å². The average Bonchev–Trinajstić information content (AvgIpc) is 2.53. The Morgan fingerprint density at radius 3 is 2.52 bits per heavy atom. The molecule has 0 spiro atoms. The van der Waals surface area contributed by atoms with Crippen LogP contribution >= 0.6 is 0 Å². The smallest absolute Gasteiger partial charge is 0.247 e. The molecule has 0 saturated carbocycles. The molecule has 7 nitrogen and oxygen atoms in total. The summed E-state index contributed by atoms with van der Waals surface area (Å²) >= 11 is 0. The molecule has 1 heterocycles. The van der Waals surface area contributed by atoms with Gasteiger partial charge < -0.3 is 10.5 Å². The molecule has 1 saturated heterocycles.